The van der Waals surface area contributed by atoms with Crippen molar-refractivity contribution in [1.82, 2.24) is 5.32 Å². The number of nitrogens with zero attached hydrogens (tertiary/aromatic N) is 2. The van der Waals surface area contributed by atoms with Gasteiger partial charge in [0.25, 0.3) is 17.3 Å². The first-order chi connectivity index (χ1) is 17.8. The van der Waals surface area contributed by atoms with E-state index in [0.717, 1.165) is 31.0 Å². The molecule has 202 valence electrons. The molecule has 37 heavy (non-hydrogen) atoms. The Kier molecular flexibility index (Phi) is 12.4. The van der Waals surface area contributed by atoms with Crippen LogP contribution in [0, 0.1) is 26.1 Å². The first-order valence-electron chi connectivity index (χ1n) is 12.5. The number of aliphatic hydroxyl groups is 2. The molecule has 0 saturated carbocycles. The fraction of sp³-hybridized carbons (Fsp3) is 0.500. The molecule has 0 bridgehead atoms. The molecule has 2 aromatic carbocycles. The fourth-order valence-electron chi connectivity index (χ4n) is 3.95. The van der Waals surface area contributed by atoms with Gasteiger partial charge < -0.3 is 20.3 Å². The number of rotatable bonds is 17. The van der Waals surface area contributed by atoms with Gasteiger partial charge in [0.15, 0.2) is 0 Å². The molecule has 2 unspecified atom stereocenters. The van der Waals surface area contributed by atoms with Gasteiger partial charge >= 0.3 is 0 Å². The van der Waals surface area contributed by atoms with Gasteiger partial charge in [-0.2, -0.15) is 0 Å². The van der Waals surface area contributed by atoms with E-state index in [1.807, 2.05) is 0 Å². The predicted molar refractivity (Wildman–Crippen MR) is 138 cm³/mol. The molecule has 11 heteroatoms. The minimum absolute atomic E-state index is 0.145. The Morgan fingerprint density at radius 2 is 1.59 bits per heavy atom. The molecular weight excluding hydrogens is 482 g/mol. The van der Waals surface area contributed by atoms with Gasteiger partial charge in [0.05, 0.1) is 34.1 Å². The summed E-state index contributed by atoms with van der Waals surface area (Å²) in [6, 6.07) is 9.23. The number of aliphatic hydroxyl groups excluding tert-OH is 2. The first kappa shape index (κ1) is 29.7. The maximum atomic E-state index is 13.0. The maximum Gasteiger partial charge on any atom is 0.277 e. The molecule has 0 spiro atoms. The van der Waals surface area contributed by atoms with E-state index in [1.165, 1.54) is 19.3 Å². The molecule has 0 aromatic heterocycles. The van der Waals surface area contributed by atoms with Crippen molar-refractivity contribution < 1.29 is 29.6 Å². The highest BCUT2D eigenvalue weighted by molar-refractivity contribution is 5.95. The number of hydrogen-bond donors (Lipinski definition) is 3. The molecule has 0 fully saturated rings. The summed E-state index contributed by atoms with van der Waals surface area (Å²) in [5.74, 6) is -0.383. The Morgan fingerprint density at radius 1 is 0.973 bits per heavy atom. The molecule has 1 amide bonds. The highest BCUT2D eigenvalue weighted by Crippen LogP contribution is 2.27. The Balaban J connectivity index is 2.21. The van der Waals surface area contributed by atoms with Crippen LogP contribution in [0.5, 0.6) is 5.75 Å². The minimum atomic E-state index is -0.799. The smallest absolute Gasteiger partial charge is 0.277 e. The zero-order chi connectivity index (χ0) is 27.2. The number of ether oxygens (including phenoxy) is 1. The zero-order valence-electron chi connectivity index (χ0n) is 21.0. The second-order valence-corrected chi connectivity index (χ2v) is 8.91. The number of benzene rings is 2. The van der Waals surface area contributed by atoms with Crippen LogP contribution in [-0.2, 0) is 0 Å². The van der Waals surface area contributed by atoms with Crippen molar-refractivity contribution in [2.75, 3.05) is 19.8 Å². The van der Waals surface area contributed by atoms with Gasteiger partial charge in [-0.05, 0) is 42.9 Å². The van der Waals surface area contributed by atoms with Crippen LogP contribution >= 0.6 is 0 Å². The van der Waals surface area contributed by atoms with Crippen LogP contribution < -0.4 is 10.1 Å². The number of carbonyl (C=O) groups excluding carboxylic acids is 1. The quantitative estimate of drug-likeness (QED) is 0.154. The molecule has 0 aliphatic heterocycles. The highest BCUT2D eigenvalue weighted by atomic mass is 16.6. The lowest BCUT2D eigenvalue weighted by Gasteiger charge is -2.24. The zero-order valence-corrected chi connectivity index (χ0v) is 21.0. The monoisotopic (exact) mass is 517 g/mol. The topological polar surface area (TPSA) is 165 Å². The third kappa shape index (κ3) is 9.77. The number of nitrogens with one attached hydrogen (secondary N) is 1. The number of hydrogen-bond acceptors (Lipinski definition) is 8. The summed E-state index contributed by atoms with van der Waals surface area (Å²) >= 11 is 0. The van der Waals surface area contributed by atoms with Crippen LogP contribution in [0.4, 0.5) is 11.4 Å². The van der Waals surface area contributed by atoms with Gasteiger partial charge in [0.1, 0.15) is 5.75 Å². The van der Waals surface area contributed by atoms with Gasteiger partial charge in [-0.15, -0.1) is 0 Å². The first-order valence-corrected chi connectivity index (χ1v) is 12.5. The van der Waals surface area contributed by atoms with Crippen molar-refractivity contribution in [2.24, 2.45) is 5.92 Å². The van der Waals surface area contributed by atoms with Crippen LogP contribution in [0.3, 0.4) is 0 Å². The SMILES string of the molecule is CCCCCCCOc1ccc(C(CC(CO)CCO)NC(=O)c2cc([N+](=O)[O-])cc([N+](=O)[O-])c2)cc1. The van der Waals surface area contributed by atoms with Crippen LogP contribution in [0.15, 0.2) is 42.5 Å². The van der Waals surface area contributed by atoms with E-state index in [2.05, 4.69) is 12.2 Å². The van der Waals surface area contributed by atoms with E-state index < -0.39 is 33.2 Å². The fourth-order valence-corrected chi connectivity index (χ4v) is 3.95. The van der Waals surface area contributed by atoms with Gasteiger partial charge in [0.2, 0.25) is 0 Å². The Bertz CT molecular complexity index is 997. The Labute approximate surface area is 215 Å². The standard InChI is InChI=1S/C26H35N3O8/c1-2-3-4-5-6-13-37-24-9-7-20(8-10-24)25(14-19(18-31)11-12-30)27-26(32)21-15-22(28(33)34)17-23(16-21)29(35)36/h7-10,15-17,19,25,30-31H,2-6,11-14,18H2,1H3,(H,27,32). The maximum absolute atomic E-state index is 13.0. The van der Waals surface area contributed by atoms with Crippen molar-refractivity contribution >= 4 is 17.3 Å². The van der Waals surface area contributed by atoms with Crippen LogP contribution in [0.25, 0.3) is 0 Å². The third-order valence-electron chi connectivity index (χ3n) is 6.06. The normalized spacial score (nSPS) is 12.5. The van der Waals surface area contributed by atoms with Crippen molar-refractivity contribution in [3.8, 4) is 5.75 Å². The van der Waals surface area contributed by atoms with Crippen molar-refractivity contribution in [2.45, 2.75) is 57.9 Å². The molecule has 0 radical (unpaired) electrons. The molecule has 2 aromatic rings. The van der Waals surface area contributed by atoms with Crippen molar-refractivity contribution in [3.63, 3.8) is 0 Å². The number of amides is 1. The van der Waals surface area contributed by atoms with Gasteiger partial charge in [0, 0.05) is 25.3 Å². The molecule has 2 rings (SSSR count). The largest absolute Gasteiger partial charge is 0.494 e. The van der Waals surface area contributed by atoms with E-state index in [-0.39, 0.29) is 31.1 Å². The Hall–Kier alpha value is -3.57. The van der Waals surface area contributed by atoms with E-state index in [0.29, 0.717) is 24.3 Å². The second-order valence-electron chi connectivity index (χ2n) is 8.91. The summed E-state index contributed by atoms with van der Waals surface area (Å²) in [5.41, 5.74) is -0.669. The summed E-state index contributed by atoms with van der Waals surface area (Å²) in [5, 5.41) is 44.2. The average Bonchev–Trinajstić information content (AvgIpc) is 2.89. The predicted octanol–water partition coefficient (Wildman–Crippen LogP) is 4.70. The van der Waals surface area contributed by atoms with Crippen LogP contribution in [0.1, 0.15) is 73.8 Å². The van der Waals surface area contributed by atoms with Crippen molar-refractivity contribution in [1.29, 1.82) is 0 Å². The third-order valence-corrected chi connectivity index (χ3v) is 6.06. The Morgan fingerprint density at radius 3 is 2.14 bits per heavy atom. The summed E-state index contributed by atoms with van der Waals surface area (Å²) in [6.07, 6.45) is 6.19. The summed E-state index contributed by atoms with van der Waals surface area (Å²) in [4.78, 5) is 33.9. The molecule has 0 saturated heterocycles. The number of non-ortho nitro benzene ring substituents is 2. The van der Waals surface area contributed by atoms with Gasteiger partial charge in [-0.1, -0.05) is 44.7 Å². The van der Waals surface area contributed by atoms with Crippen LogP contribution in [-0.4, -0.2) is 45.8 Å². The lowest BCUT2D eigenvalue weighted by atomic mass is 9.92. The van der Waals surface area contributed by atoms with E-state index in [1.54, 1.807) is 24.3 Å². The van der Waals surface area contributed by atoms with E-state index in [9.17, 15) is 35.2 Å². The number of unbranched alkanes of at least 4 members (excludes halogenated alkanes) is 4. The second kappa shape index (κ2) is 15.5. The lowest BCUT2D eigenvalue weighted by Crippen LogP contribution is -2.31. The molecule has 0 aliphatic carbocycles. The number of nitro groups is 2. The van der Waals surface area contributed by atoms with Crippen molar-refractivity contribution in [3.05, 3.63) is 73.8 Å². The molecule has 0 aliphatic rings. The molecule has 0 heterocycles. The molecule has 3 N–H and O–H groups in total. The van der Waals surface area contributed by atoms with Gasteiger partial charge in [-0.3, -0.25) is 25.0 Å². The number of nitro benzene ring substituents is 2. The minimum Gasteiger partial charge on any atom is -0.494 e. The molecule has 11 nitrogen and oxygen atoms in total. The summed E-state index contributed by atoms with van der Waals surface area (Å²) in [6.45, 7) is 2.40. The van der Waals surface area contributed by atoms with E-state index in [4.69, 9.17) is 4.74 Å². The molecular formula is C26H35N3O8. The summed E-state index contributed by atoms with van der Waals surface area (Å²) in [7, 11) is 0. The summed E-state index contributed by atoms with van der Waals surface area (Å²) < 4.78 is 5.80. The highest BCUT2D eigenvalue weighted by Gasteiger charge is 2.24. The van der Waals surface area contributed by atoms with Crippen LogP contribution in [0.2, 0.25) is 0 Å². The lowest BCUT2D eigenvalue weighted by molar-refractivity contribution is -0.394. The average molecular weight is 518 g/mol. The number of carbonyl (C=O) groups is 1. The molecule has 2 atom stereocenters. The van der Waals surface area contributed by atoms with E-state index >= 15 is 0 Å². The van der Waals surface area contributed by atoms with Gasteiger partial charge in [-0.25, -0.2) is 0 Å².